The summed E-state index contributed by atoms with van der Waals surface area (Å²) in [5.74, 6) is 0.948. The molecule has 2 rings (SSSR count). The number of aryl methyl sites for hydroxylation is 2. The average molecular weight is 235 g/mol. The van der Waals surface area contributed by atoms with Crippen molar-refractivity contribution in [1.29, 1.82) is 0 Å². The quantitative estimate of drug-likeness (QED) is 0.853. The van der Waals surface area contributed by atoms with E-state index in [1.807, 2.05) is 0 Å². The summed E-state index contributed by atoms with van der Waals surface area (Å²) in [4.78, 5) is 0. The molecular formula is C14H21NO2. The monoisotopic (exact) mass is 235 g/mol. The SMILES string of the molecule is COc1cc(C)c(C2CNC(C)CO2)cc1C. The van der Waals surface area contributed by atoms with Gasteiger partial charge in [-0.15, -0.1) is 0 Å². The molecule has 1 aromatic rings. The van der Waals surface area contributed by atoms with Crippen molar-refractivity contribution in [3.05, 3.63) is 28.8 Å². The molecule has 1 aliphatic rings. The predicted molar refractivity (Wildman–Crippen MR) is 68.6 cm³/mol. The van der Waals surface area contributed by atoms with Gasteiger partial charge in [0, 0.05) is 12.6 Å². The van der Waals surface area contributed by atoms with Gasteiger partial charge >= 0.3 is 0 Å². The Morgan fingerprint density at radius 2 is 2.06 bits per heavy atom. The first-order valence-corrected chi connectivity index (χ1v) is 6.12. The molecule has 0 aliphatic carbocycles. The Balaban J connectivity index is 2.23. The Labute approximate surface area is 103 Å². The first kappa shape index (κ1) is 12.4. The average Bonchev–Trinajstić information content (AvgIpc) is 2.33. The van der Waals surface area contributed by atoms with Gasteiger partial charge in [0.15, 0.2) is 0 Å². The van der Waals surface area contributed by atoms with E-state index in [0.717, 1.165) is 24.5 Å². The number of rotatable bonds is 2. The van der Waals surface area contributed by atoms with Crippen LogP contribution in [0.3, 0.4) is 0 Å². The molecular weight excluding hydrogens is 214 g/mol. The lowest BCUT2D eigenvalue weighted by Crippen LogP contribution is -2.40. The largest absolute Gasteiger partial charge is 0.496 e. The molecule has 1 fully saturated rings. The van der Waals surface area contributed by atoms with Crippen molar-refractivity contribution < 1.29 is 9.47 Å². The van der Waals surface area contributed by atoms with Crippen LogP contribution in [0.25, 0.3) is 0 Å². The minimum atomic E-state index is 0.163. The molecule has 0 radical (unpaired) electrons. The van der Waals surface area contributed by atoms with Gasteiger partial charge in [0.25, 0.3) is 0 Å². The van der Waals surface area contributed by atoms with E-state index in [-0.39, 0.29) is 6.10 Å². The molecule has 0 saturated carbocycles. The van der Waals surface area contributed by atoms with Gasteiger partial charge in [0.1, 0.15) is 5.75 Å². The highest BCUT2D eigenvalue weighted by atomic mass is 16.5. The summed E-state index contributed by atoms with van der Waals surface area (Å²) in [7, 11) is 1.71. The highest BCUT2D eigenvalue weighted by Crippen LogP contribution is 2.29. The predicted octanol–water partition coefficient (Wildman–Crippen LogP) is 2.36. The molecule has 17 heavy (non-hydrogen) atoms. The molecule has 1 aromatic carbocycles. The van der Waals surface area contributed by atoms with Crippen molar-refractivity contribution in [1.82, 2.24) is 5.32 Å². The smallest absolute Gasteiger partial charge is 0.122 e. The number of hydrogen-bond acceptors (Lipinski definition) is 3. The first-order chi connectivity index (χ1) is 8.11. The van der Waals surface area contributed by atoms with Crippen LogP contribution in [-0.2, 0) is 4.74 Å². The van der Waals surface area contributed by atoms with Crippen molar-refractivity contribution in [2.24, 2.45) is 0 Å². The topological polar surface area (TPSA) is 30.5 Å². The van der Waals surface area contributed by atoms with Crippen LogP contribution in [0, 0.1) is 13.8 Å². The summed E-state index contributed by atoms with van der Waals surface area (Å²) in [6.07, 6.45) is 0.163. The lowest BCUT2D eigenvalue weighted by molar-refractivity contribution is 0.00656. The molecule has 0 spiro atoms. The Morgan fingerprint density at radius 1 is 1.29 bits per heavy atom. The third-order valence-electron chi connectivity index (χ3n) is 3.33. The van der Waals surface area contributed by atoms with Crippen LogP contribution >= 0.6 is 0 Å². The first-order valence-electron chi connectivity index (χ1n) is 6.12. The maximum Gasteiger partial charge on any atom is 0.122 e. The summed E-state index contributed by atoms with van der Waals surface area (Å²) >= 11 is 0. The van der Waals surface area contributed by atoms with E-state index in [9.17, 15) is 0 Å². The zero-order valence-corrected chi connectivity index (χ0v) is 11.0. The lowest BCUT2D eigenvalue weighted by atomic mass is 9.99. The number of ether oxygens (including phenoxy) is 2. The van der Waals surface area contributed by atoms with Crippen molar-refractivity contribution in [3.8, 4) is 5.75 Å². The number of hydrogen-bond donors (Lipinski definition) is 1. The fourth-order valence-electron chi connectivity index (χ4n) is 2.27. The van der Waals surface area contributed by atoms with Crippen molar-refractivity contribution >= 4 is 0 Å². The van der Waals surface area contributed by atoms with Gasteiger partial charge in [-0.3, -0.25) is 0 Å². The van der Waals surface area contributed by atoms with Crippen LogP contribution in [0.5, 0.6) is 5.75 Å². The fraction of sp³-hybridized carbons (Fsp3) is 0.571. The summed E-state index contributed by atoms with van der Waals surface area (Å²) in [5, 5.41) is 3.45. The molecule has 0 amide bonds. The second-order valence-corrected chi connectivity index (χ2v) is 4.81. The molecule has 0 aromatic heterocycles. The molecule has 1 saturated heterocycles. The highest BCUT2D eigenvalue weighted by molar-refractivity contribution is 5.42. The zero-order chi connectivity index (χ0) is 12.4. The van der Waals surface area contributed by atoms with Crippen LogP contribution in [0.1, 0.15) is 29.7 Å². The Bertz CT molecular complexity index is 395. The maximum absolute atomic E-state index is 5.88. The van der Waals surface area contributed by atoms with E-state index in [2.05, 4.69) is 38.2 Å². The third kappa shape index (κ3) is 2.61. The Morgan fingerprint density at radius 3 is 2.65 bits per heavy atom. The minimum Gasteiger partial charge on any atom is -0.496 e. The zero-order valence-electron chi connectivity index (χ0n) is 11.0. The number of methoxy groups -OCH3 is 1. The third-order valence-corrected chi connectivity index (χ3v) is 3.33. The van der Waals surface area contributed by atoms with E-state index < -0.39 is 0 Å². The van der Waals surface area contributed by atoms with Crippen LogP contribution in [0.4, 0.5) is 0 Å². The normalized spacial score (nSPS) is 24.7. The summed E-state index contributed by atoms with van der Waals surface area (Å²) in [6, 6.07) is 4.72. The summed E-state index contributed by atoms with van der Waals surface area (Å²) in [6.45, 7) is 7.98. The van der Waals surface area contributed by atoms with E-state index in [1.165, 1.54) is 11.1 Å². The van der Waals surface area contributed by atoms with Gasteiger partial charge in [0.2, 0.25) is 0 Å². The number of nitrogens with one attached hydrogen (secondary N) is 1. The molecule has 1 aliphatic heterocycles. The van der Waals surface area contributed by atoms with E-state index in [0.29, 0.717) is 6.04 Å². The van der Waals surface area contributed by atoms with Crippen molar-refractivity contribution in [2.45, 2.75) is 32.9 Å². The molecule has 0 bridgehead atoms. The molecule has 2 unspecified atom stereocenters. The van der Waals surface area contributed by atoms with Gasteiger partial charge in [-0.1, -0.05) is 0 Å². The number of morpholine rings is 1. The number of benzene rings is 1. The van der Waals surface area contributed by atoms with Gasteiger partial charge in [0.05, 0.1) is 19.8 Å². The van der Waals surface area contributed by atoms with Crippen LogP contribution in [0.2, 0.25) is 0 Å². The molecule has 1 N–H and O–H groups in total. The molecule has 3 nitrogen and oxygen atoms in total. The second-order valence-electron chi connectivity index (χ2n) is 4.81. The van der Waals surface area contributed by atoms with Gasteiger partial charge in [-0.2, -0.15) is 0 Å². The highest BCUT2D eigenvalue weighted by Gasteiger charge is 2.21. The van der Waals surface area contributed by atoms with Crippen molar-refractivity contribution in [3.63, 3.8) is 0 Å². The van der Waals surface area contributed by atoms with Crippen LogP contribution < -0.4 is 10.1 Å². The van der Waals surface area contributed by atoms with E-state index in [4.69, 9.17) is 9.47 Å². The standard InChI is InChI=1S/C14H21NO2/c1-9-6-13(16-4)10(2)5-12(9)14-7-15-11(3)8-17-14/h5-6,11,14-15H,7-8H2,1-4H3. The Kier molecular flexibility index (Phi) is 3.69. The van der Waals surface area contributed by atoms with Gasteiger partial charge in [-0.05, 0) is 49.6 Å². The van der Waals surface area contributed by atoms with E-state index in [1.54, 1.807) is 7.11 Å². The van der Waals surface area contributed by atoms with Crippen LogP contribution in [0.15, 0.2) is 12.1 Å². The van der Waals surface area contributed by atoms with E-state index >= 15 is 0 Å². The molecule has 3 heteroatoms. The maximum atomic E-state index is 5.88. The molecule has 1 heterocycles. The molecule has 94 valence electrons. The molecule has 2 atom stereocenters. The van der Waals surface area contributed by atoms with Gasteiger partial charge < -0.3 is 14.8 Å². The Hall–Kier alpha value is -1.06. The van der Waals surface area contributed by atoms with Crippen LogP contribution in [-0.4, -0.2) is 26.3 Å². The summed E-state index contributed by atoms with van der Waals surface area (Å²) in [5.41, 5.74) is 3.66. The minimum absolute atomic E-state index is 0.163. The second kappa shape index (κ2) is 5.07. The lowest BCUT2D eigenvalue weighted by Gasteiger charge is -2.29. The summed E-state index contributed by atoms with van der Waals surface area (Å²) < 4.78 is 11.2. The van der Waals surface area contributed by atoms with Crippen molar-refractivity contribution in [2.75, 3.05) is 20.3 Å². The fourth-order valence-corrected chi connectivity index (χ4v) is 2.27. The van der Waals surface area contributed by atoms with Gasteiger partial charge in [-0.25, -0.2) is 0 Å².